The van der Waals surface area contributed by atoms with Gasteiger partial charge in [0.2, 0.25) is 10.0 Å². The van der Waals surface area contributed by atoms with Gasteiger partial charge in [0.05, 0.1) is 5.69 Å². The van der Waals surface area contributed by atoms with Gasteiger partial charge in [-0.3, -0.25) is 0 Å². The summed E-state index contributed by atoms with van der Waals surface area (Å²) in [5, 5.41) is 3.06. The normalized spacial score (nSPS) is 22.1. The summed E-state index contributed by atoms with van der Waals surface area (Å²) in [5.41, 5.74) is 0.502. The first-order valence-electron chi connectivity index (χ1n) is 6.06. The lowest BCUT2D eigenvalue weighted by molar-refractivity contribution is 0.405. The number of rotatable bonds is 5. The lowest BCUT2D eigenvalue weighted by Crippen LogP contribution is -2.36. The molecule has 0 amide bonds. The largest absolute Gasteiger partial charge is 0.348 e. The molecule has 1 aliphatic heterocycles. The van der Waals surface area contributed by atoms with Crippen LogP contribution in [0, 0.1) is 4.91 Å². The highest BCUT2D eigenvalue weighted by Crippen LogP contribution is 2.34. The molecule has 1 aliphatic rings. The van der Waals surface area contributed by atoms with Crippen LogP contribution in [0.5, 0.6) is 0 Å². The average Bonchev–Trinajstić information content (AvgIpc) is 2.79. The summed E-state index contributed by atoms with van der Waals surface area (Å²) in [5.74, 6) is 0.569. The van der Waals surface area contributed by atoms with E-state index in [1.807, 2.05) is 0 Å². The van der Waals surface area contributed by atoms with E-state index < -0.39 is 16.1 Å². The Morgan fingerprint density at radius 1 is 1.47 bits per heavy atom. The fraction of sp³-hybridized carbons (Fsp3) is 0.636. The van der Waals surface area contributed by atoms with Gasteiger partial charge in [-0.2, -0.15) is 9.21 Å². The molecule has 2 rings (SSSR count). The van der Waals surface area contributed by atoms with Gasteiger partial charge in [-0.1, -0.05) is 5.18 Å². The van der Waals surface area contributed by atoms with Crippen molar-refractivity contribution in [2.75, 3.05) is 19.5 Å². The van der Waals surface area contributed by atoms with Gasteiger partial charge in [0.1, 0.15) is 10.9 Å². The molecule has 0 aromatic carbocycles. The van der Waals surface area contributed by atoms with Crippen LogP contribution in [0.3, 0.4) is 0 Å². The summed E-state index contributed by atoms with van der Waals surface area (Å²) in [6.45, 7) is 0.742. The zero-order valence-corrected chi connectivity index (χ0v) is 12.2. The fourth-order valence-corrected chi connectivity index (χ4v) is 3.90. The summed E-state index contributed by atoms with van der Waals surface area (Å²) < 4.78 is 27.3. The van der Waals surface area contributed by atoms with Crippen molar-refractivity contribution in [1.29, 1.82) is 0 Å². The highest BCUT2D eigenvalue weighted by atomic mass is 35.5. The van der Waals surface area contributed by atoms with Crippen LogP contribution >= 0.6 is 11.6 Å². The molecule has 0 aliphatic carbocycles. The van der Waals surface area contributed by atoms with Crippen molar-refractivity contribution in [1.82, 2.24) is 8.87 Å². The topological polar surface area (TPSA) is 71.7 Å². The van der Waals surface area contributed by atoms with E-state index in [2.05, 4.69) is 5.18 Å². The Hall–Kier alpha value is -0.920. The van der Waals surface area contributed by atoms with Crippen molar-refractivity contribution < 1.29 is 8.42 Å². The summed E-state index contributed by atoms with van der Waals surface area (Å²) >= 11 is 5.63. The lowest BCUT2D eigenvalue weighted by Gasteiger charge is -2.27. The van der Waals surface area contributed by atoms with Gasteiger partial charge in [0, 0.05) is 32.2 Å². The number of aryl methyl sites for hydroxylation is 1. The third-order valence-electron chi connectivity index (χ3n) is 3.31. The molecular formula is C11H16ClN3O3S. The minimum atomic E-state index is -3.49. The van der Waals surface area contributed by atoms with Crippen molar-refractivity contribution in [3.8, 4) is 0 Å². The van der Waals surface area contributed by atoms with Crippen molar-refractivity contribution in [3.05, 3.63) is 22.9 Å². The number of nitroso groups, excluding NO2 is 1. The van der Waals surface area contributed by atoms with Crippen LogP contribution in [0.15, 0.2) is 22.3 Å². The van der Waals surface area contributed by atoms with Crippen LogP contribution in [-0.4, -0.2) is 36.8 Å². The molecule has 0 saturated carbocycles. The molecule has 19 heavy (non-hydrogen) atoms. The minimum absolute atomic E-state index is 0.0956. The summed E-state index contributed by atoms with van der Waals surface area (Å²) in [4.78, 5) is 11.1. The molecule has 106 valence electrons. The molecule has 0 N–H and O–H groups in total. The van der Waals surface area contributed by atoms with Crippen LogP contribution in [0.25, 0.3) is 0 Å². The van der Waals surface area contributed by atoms with Crippen molar-refractivity contribution in [2.24, 2.45) is 5.18 Å². The molecule has 8 heteroatoms. The molecule has 1 aromatic heterocycles. The number of nitrogens with zero attached hydrogens (tertiary/aromatic N) is 3. The summed E-state index contributed by atoms with van der Waals surface area (Å²) in [6, 6.07) is 0.897. The first-order valence-corrected chi connectivity index (χ1v) is 8.03. The predicted molar refractivity (Wildman–Crippen MR) is 72.7 cm³/mol. The van der Waals surface area contributed by atoms with Gasteiger partial charge in [0.15, 0.2) is 0 Å². The Bertz CT molecular complexity index is 570. The Labute approximate surface area is 117 Å². The molecule has 0 radical (unpaired) electrons. The van der Waals surface area contributed by atoms with E-state index in [-0.39, 0.29) is 11.4 Å². The third-order valence-corrected chi connectivity index (χ3v) is 5.45. The van der Waals surface area contributed by atoms with E-state index in [1.54, 1.807) is 16.8 Å². The molecule has 1 aromatic rings. The zero-order valence-electron chi connectivity index (χ0n) is 10.6. The van der Waals surface area contributed by atoms with E-state index in [0.717, 1.165) is 12.8 Å². The van der Waals surface area contributed by atoms with E-state index in [4.69, 9.17) is 11.6 Å². The molecule has 0 saturated heterocycles. The minimum Gasteiger partial charge on any atom is -0.348 e. The van der Waals surface area contributed by atoms with Crippen LogP contribution in [-0.2, 0) is 16.6 Å². The summed E-state index contributed by atoms with van der Waals surface area (Å²) in [7, 11) is -2.03. The first kappa shape index (κ1) is 14.5. The molecule has 0 spiro atoms. The molecule has 1 unspecified atom stereocenters. The molecule has 1 atom stereocenters. The Morgan fingerprint density at radius 2 is 2.21 bits per heavy atom. The maximum Gasteiger partial charge on any atom is 0.244 e. The smallest absolute Gasteiger partial charge is 0.244 e. The fourth-order valence-electron chi connectivity index (χ4n) is 2.29. The van der Waals surface area contributed by atoms with Gasteiger partial charge in [0.25, 0.3) is 0 Å². The molecule has 6 nitrogen and oxygen atoms in total. The van der Waals surface area contributed by atoms with Gasteiger partial charge < -0.3 is 4.57 Å². The van der Waals surface area contributed by atoms with E-state index in [9.17, 15) is 13.3 Å². The predicted octanol–water partition coefficient (Wildman–Crippen LogP) is 1.95. The highest BCUT2D eigenvalue weighted by Gasteiger charge is 2.37. The second kappa shape index (κ2) is 5.60. The van der Waals surface area contributed by atoms with Crippen molar-refractivity contribution in [2.45, 2.75) is 30.3 Å². The van der Waals surface area contributed by atoms with E-state index in [1.165, 1.54) is 11.4 Å². The van der Waals surface area contributed by atoms with Gasteiger partial charge >= 0.3 is 0 Å². The van der Waals surface area contributed by atoms with Crippen LogP contribution in [0.1, 0.15) is 24.6 Å². The second-order valence-electron chi connectivity index (χ2n) is 4.56. The third kappa shape index (κ3) is 2.54. The maximum atomic E-state index is 12.2. The number of hydrogen-bond acceptors (Lipinski definition) is 4. The lowest BCUT2D eigenvalue weighted by atomic mass is 10.2. The van der Waals surface area contributed by atoms with Crippen LogP contribution < -0.4 is 0 Å². The number of halogens is 1. The number of likely N-dealkylation sites (N-methyl/N-ethyl adjacent to an activating group) is 1. The number of unbranched alkanes of at least 4 members (excludes halogenated alkanes) is 1. The van der Waals surface area contributed by atoms with Crippen LogP contribution in [0.4, 0.5) is 0 Å². The Kier molecular flexibility index (Phi) is 4.27. The zero-order chi connectivity index (χ0) is 14.0. The first-order chi connectivity index (χ1) is 9.02. The molecule has 0 bridgehead atoms. The monoisotopic (exact) mass is 305 g/mol. The Balaban J connectivity index is 2.39. The van der Waals surface area contributed by atoms with E-state index in [0.29, 0.717) is 18.1 Å². The van der Waals surface area contributed by atoms with Crippen molar-refractivity contribution in [3.63, 3.8) is 0 Å². The quantitative estimate of drug-likeness (QED) is 0.474. The highest BCUT2D eigenvalue weighted by molar-refractivity contribution is 7.89. The van der Waals surface area contributed by atoms with E-state index >= 15 is 0 Å². The van der Waals surface area contributed by atoms with Gasteiger partial charge in [-0.15, -0.1) is 11.6 Å². The molecule has 2 heterocycles. The Morgan fingerprint density at radius 3 is 2.84 bits per heavy atom. The standard InChI is InChI=1S/C11H16ClN3O3S/c1-14-8-9(13-16)11-10(19(14,17)18)4-7-15(11)6-3-2-5-12/h4,7,9H,2-3,5-6,8H2,1H3. The number of alkyl halides is 1. The number of fused-ring (bicyclic) bond motifs is 1. The SMILES string of the molecule is CN1CC(N=O)c2c(ccn2CCCCCl)S1(=O)=O. The van der Waals surface area contributed by atoms with Gasteiger partial charge in [-0.25, -0.2) is 8.42 Å². The molecule has 0 fully saturated rings. The number of hydrogen-bond donors (Lipinski definition) is 0. The number of aromatic nitrogens is 1. The number of sulfonamides is 1. The van der Waals surface area contributed by atoms with Crippen LogP contribution in [0.2, 0.25) is 0 Å². The second-order valence-corrected chi connectivity index (χ2v) is 6.95. The average molecular weight is 306 g/mol. The van der Waals surface area contributed by atoms with Crippen molar-refractivity contribution >= 4 is 21.6 Å². The van der Waals surface area contributed by atoms with Gasteiger partial charge in [-0.05, 0) is 18.9 Å². The maximum absolute atomic E-state index is 12.2. The molecular weight excluding hydrogens is 290 g/mol. The summed E-state index contributed by atoms with van der Waals surface area (Å²) in [6.07, 6.45) is 3.39.